The highest BCUT2D eigenvalue weighted by Gasteiger charge is 2.00. The van der Waals surface area contributed by atoms with Gasteiger partial charge in [-0.3, -0.25) is 4.79 Å². The van der Waals surface area contributed by atoms with Crippen molar-refractivity contribution in [2.75, 3.05) is 0 Å². The summed E-state index contributed by atoms with van der Waals surface area (Å²) in [6.07, 6.45) is 0. The van der Waals surface area contributed by atoms with Gasteiger partial charge < -0.3 is 0 Å². The molecule has 72 valence electrons. The Morgan fingerprint density at radius 3 is 2.73 bits per heavy atom. The van der Waals surface area contributed by atoms with Gasteiger partial charge in [-0.25, -0.2) is 5.10 Å². The van der Waals surface area contributed by atoms with Gasteiger partial charge in [0, 0.05) is 16.8 Å². The van der Waals surface area contributed by atoms with E-state index >= 15 is 0 Å². The third-order valence-electron chi connectivity index (χ3n) is 2.50. The van der Waals surface area contributed by atoms with Gasteiger partial charge in [-0.2, -0.15) is 5.10 Å². The van der Waals surface area contributed by atoms with Crippen LogP contribution in [0, 0.1) is 0 Å². The van der Waals surface area contributed by atoms with Crippen LogP contribution in [0.1, 0.15) is 0 Å². The summed E-state index contributed by atoms with van der Waals surface area (Å²) >= 11 is 0. The topological polar surface area (TPSA) is 45.8 Å². The summed E-state index contributed by atoms with van der Waals surface area (Å²) in [4.78, 5) is 11.1. The van der Waals surface area contributed by atoms with Gasteiger partial charge in [0.2, 0.25) is 0 Å². The van der Waals surface area contributed by atoms with Crippen LogP contribution in [-0.4, -0.2) is 10.2 Å². The zero-order valence-electron chi connectivity index (χ0n) is 7.90. The minimum Gasteiger partial charge on any atom is -0.268 e. The highest BCUT2D eigenvalue weighted by Crippen LogP contribution is 2.21. The summed E-state index contributed by atoms with van der Waals surface area (Å²) in [5.41, 5.74) is 0.672. The van der Waals surface area contributed by atoms with Crippen LogP contribution in [0.25, 0.3) is 21.7 Å². The molecule has 3 heteroatoms. The van der Waals surface area contributed by atoms with Gasteiger partial charge in [-0.15, -0.1) is 0 Å². The molecule has 0 fully saturated rings. The first-order chi connectivity index (χ1) is 7.34. The zero-order chi connectivity index (χ0) is 10.3. The lowest BCUT2D eigenvalue weighted by Crippen LogP contribution is -2.05. The number of rotatable bonds is 0. The Hall–Kier alpha value is -2.16. The van der Waals surface area contributed by atoms with Gasteiger partial charge in [0.25, 0.3) is 5.56 Å². The minimum atomic E-state index is -0.169. The van der Waals surface area contributed by atoms with Crippen LogP contribution < -0.4 is 5.56 Å². The third-order valence-corrected chi connectivity index (χ3v) is 2.50. The maximum absolute atomic E-state index is 11.1. The van der Waals surface area contributed by atoms with E-state index in [9.17, 15) is 4.79 Å². The molecule has 0 aliphatic heterocycles. The number of fused-ring (bicyclic) bond motifs is 3. The van der Waals surface area contributed by atoms with Gasteiger partial charge in [-0.1, -0.05) is 36.4 Å². The predicted molar refractivity (Wildman–Crippen MR) is 59.9 cm³/mol. The largest absolute Gasteiger partial charge is 0.268 e. The number of hydrogen-bond donors (Lipinski definition) is 1. The molecule has 3 aromatic rings. The molecule has 0 amide bonds. The molecule has 0 radical (unpaired) electrons. The molecular formula is C12H8N2O. The van der Waals surface area contributed by atoms with Crippen molar-refractivity contribution in [3.05, 3.63) is 52.8 Å². The van der Waals surface area contributed by atoms with E-state index in [4.69, 9.17) is 0 Å². The molecule has 0 aliphatic rings. The third kappa shape index (κ3) is 1.21. The molecule has 0 spiro atoms. The standard InChI is InChI=1S/C12H8N2O/c15-11-7-9-6-5-8-3-1-2-4-10(8)12(9)14-13-11/h1-7H,(H,13,15). The second-order valence-electron chi connectivity index (χ2n) is 3.46. The van der Waals surface area contributed by atoms with Crippen LogP contribution in [-0.2, 0) is 0 Å². The molecule has 2 aromatic carbocycles. The van der Waals surface area contributed by atoms with E-state index in [1.54, 1.807) is 6.07 Å². The molecule has 0 bridgehead atoms. The average Bonchev–Trinajstić information content (AvgIpc) is 2.28. The van der Waals surface area contributed by atoms with E-state index in [1.165, 1.54) is 0 Å². The molecule has 0 saturated heterocycles. The van der Waals surface area contributed by atoms with Crippen molar-refractivity contribution in [1.29, 1.82) is 0 Å². The monoisotopic (exact) mass is 196 g/mol. The lowest BCUT2D eigenvalue weighted by atomic mass is 10.1. The maximum Gasteiger partial charge on any atom is 0.264 e. The Bertz CT molecular complexity index is 700. The highest BCUT2D eigenvalue weighted by molar-refractivity contribution is 6.04. The average molecular weight is 196 g/mol. The Morgan fingerprint density at radius 1 is 1.00 bits per heavy atom. The molecule has 3 rings (SSSR count). The summed E-state index contributed by atoms with van der Waals surface area (Å²) in [7, 11) is 0. The van der Waals surface area contributed by atoms with E-state index in [0.29, 0.717) is 0 Å². The molecule has 0 atom stereocenters. The van der Waals surface area contributed by atoms with Crippen molar-refractivity contribution in [1.82, 2.24) is 10.2 Å². The molecular weight excluding hydrogens is 188 g/mol. The SMILES string of the molecule is O=c1cc2ccc3ccccc3c2n[nH]1. The van der Waals surface area contributed by atoms with Gasteiger partial charge >= 0.3 is 0 Å². The number of aromatic nitrogens is 2. The van der Waals surface area contributed by atoms with Crippen molar-refractivity contribution < 1.29 is 0 Å². The van der Waals surface area contributed by atoms with Crippen molar-refractivity contribution in [3.63, 3.8) is 0 Å². The van der Waals surface area contributed by atoms with Crippen molar-refractivity contribution in [2.24, 2.45) is 0 Å². The highest BCUT2D eigenvalue weighted by atomic mass is 16.1. The normalized spacial score (nSPS) is 10.9. The molecule has 1 heterocycles. The van der Waals surface area contributed by atoms with Crippen LogP contribution >= 0.6 is 0 Å². The molecule has 0 unspecified atom stereocenters. The molecule has 3 nitrogen and oxygen atoms in total. The number of aromatic amines is 1. The second kappa shape index (κ2) is 2.92. The Balaban J connectivity index is 2.60. The van der Waals surface area contributed by atoms with Crippen LogP contribution in [0.5, 0.6) is 0 Å². The first-order valence-corrected chi connectivity index (χ1v) is 4.72. The smallest absolute Gasteiger partial charge is 0.264 e. The fourth-order valence-electron chi connectivity index (χ4n) is 1.80. The Morgan fingerprint density at radius 2 is 1.80 bits per heavy atom. The van der Waals surface area contributed by atoms with Crippen LogP contribution in [0.15, 0.2) is 47.3 Å². The number of hydrogen-bond acceptors (Lipinski definition) is 2. The van der Waals surface area contributed by atoms with Gasteiger partial charge in [0.05, 0.1) is 5.52 Å². The first kappa shape index (κ1) is 8.17. The van der Waals surface area contributed by atoms with Gasteiger partial charge in [-0.05, 0) is 5.39 Å². The van der Waals surface area contributed by atoms with Crippen LogP contribution in [0.2, 0.25) is 0 Å². The minimum absolute atomic E-state index is 0.169. The van der Waals surface area contributed by atoms with Gasteiger partial charge in [0.1, 0.15) is 0 Å². The van der Waals surface area contributed by atoms with Crippen LogP contribution in [0.3, 0.4) is 0 Å². The van der Waals surface area contributed by atoms with E-state index in [-0.39, 0.29) is 5.56 Å². The lowest BCUT2D eigenvalue weighted by Gasteiger charge is -2.00. The zero-order valence-corrected chi connectivity index (χ0v) is 7.90. The van der Waals surface area contributed by atoms with E-state index in [1.807, 2.05) is 36.4 Å². The maximum atomic E-state index is 11.1. The lowest BCUT2D eigenvalue weighted by molar-refractivity contribution is 1.03. The number of nitrogens with zero attached hydrogens (tertiary/aromatic N) is 1. The van der Waals surface area contributed by atoms with E-state index < -0.39 is 0 Å². The number of H-pyrrole nitrogens is 1. The van der Waals surface area contributed by atoms with Crippen molar-refractivity contribution in [2.45, 2.75) is 0 Å². The summed E-state index contributed by atoms with van der Waals surface area (Å²) in [5, 5.41) is 9.60. The summed E-state index contributed by atoms with van der Waals surface area (Å²) < 4.78 is 0. The molecule has 0 saturated carbocycles. The summed E-state index contributed by atoms with van der Waals surface area (Å²) in [5.74, 6) is 0. The van der Waals surface area contributed by atoms with E-state index in [0.717, 1.165) is 21.7 Å². The first-order valence-electron chi connectivity index (χ1n) is 4.72. The molecule has 1 aromatic heterocycles. The van der Waals surface area contributed by atoms with Crippen molar-refractivity contribution >= 4 is 21.7 Å². The predicted octanol–water partition coefficient (Wildman–Crippen LogP) is 2.08. The quantitative estimate of drug-likeness (QED) is 0.559. The van der Waals surface area contributed by atoms with Crippen molar-refractivity contribution in [3.8, 4) is 0 Å². The van der Waals surface area contributed by atoms with Gasteiger partial charge in [0.15, 0.2) is 0 Å². The second-order valence-corrected chi connectivity index (χ2v) is 3.46. The number of benzene rings is 2. The number of nitrogens with one attached hydrogen (secondary N) is 1. The molecule has 0 aliphatic carbocycles. The van der Waals surface area contributed by atoms with E-state index in [2.05, 4.69) is 10.2 Å². The fourth-order valence-corrected chi connectivity index (χ4v) is 1.80. The Kier molecular flexibility index (Phi) is 1.59. The molecule has 15 heavy (non-hydrogen) atoms. The fraction of sp³-hybridized carbons (Fsp3) is 0. The summed E-state index contributed by atoms with van der Waals surface area (Å²) in [6, 6.07) is 13.5. The Labute approximate surface area is 85.4 Å². The summed E-state index contributed by atoms with van der Waals surface area (Å²) in [6.45, 7) is 0. The molecule has 1 N–H and O–H groups in total. The van der Waals surface area contributed by atoms with Crippen LogP contribution in [0.4, 0.5) is 0 Å².